The van der Waals surface area contributed by atoms with Crippen molar-refractivity contribution in [3.05, 3.63) is 59.1 Å². The number of phenolic OH excluding ortho intramolecular Hbond substituents is 1. The van der Waals surface area contributed by atoms with Gasteiger partial charge in [0.2, 0.25) is 5.13 Å². The molecule has 1 N–H and O–H groups in total. The van der Waals surface area contributed by atoms with Crippen LogP contribution in [0.1, 0.15) is 17.5 Å². The summed E-state index contributed by atoms with van der Waals surface area (Å²) >= 11 is 7.66. The fourth-order valence-corrected chi connectivity index (χ4v) is 4.89. The number of fused-ring (bicyclic) bond motifs is 1. The summed E-state index contributed by atoms with van der Waals surface area (Å²) in [6.07, 6.45) is 0. The molecule has 2 aromatic carbocycles. The topological polar surface area (TPSA) is 97.0 Å². The number of β-lactam (4-membered cyclic amide) rings is 1. The van der Waals surface area contributed by atoms with Crippen LogP contribution in [0, 0.1) is 0 Å². The van der Waals surface area contributed by atoms with Crippen LogP contribution in [0.3, 0.4) is 0 Å². The third kappa shape index (κ3) is 2.61. The summed E-state index contributed by atoms with van der Waals surface area (Å²) in [6, 6.07) is 14.5. The van der Waals surface area contributed by atoms with Gasteiger partial charge in [-0.2, -0.15) is 0 Å². The van der Waals surface area contributed by atoms with Crippen molar-refractivity contribution in [1.29, 1.82) is 0 Å². The van der Waals surface area contributed by atoms with Crippen molar-refractivity contribution in [1.82, 2.24) is 25.2 Å². The molecule has 10 heteroatoms. The van der Waals surface area contributed by atoms with Crippen LogP contribution in [-0.2, 0) is 16.9 Å². The zero-order chi connectivity index (χ0) is 20.2. The number of amides is 1. The number of benzene rings is 2. The first-order valence-corrected chi connectivity index (χ1v) is 10.1. The average molecular weight is 427 g/mol. The van der Waals surface area contributed by atoms with Gasteiger partial charge in [-0.3, -0.25) is 9.69 Å². The standard InChI is InChI=1S/C19H15ClN6O2S/c1-19(11-6-2-5-9-14(11)27)16(20)17(28)26(19)18-23-22-15(29-18)10-25-13-8-4-3-7-12(13)21-24-25/h2-9,16,27H,10H2,1H3. The fraction of sp³-hybridized carbons (Fsp3) is 0.211. The summed E-state index contributed by atoms with van der Waals surface area (Å²) in [4.78, 5) is 14.1. The Morgan fingerprint density at radius 2 is 1.90 bits per heavy atom. The number of nitrogens with zero attached hydrogens (tertiary/aromatic N) is 6. The van der Waals surface area contributed by atoms with Gasteiger partial charge in [-0.25, -0.2) is 4.68 Å². The normalized spacial score (nSPS) is 21.5. The first kappa shape index (κ1) is 18.0. The summed E-state index contributed by atoms with van der Waals surface area (Å²) < 4.78 is 1.74. The largest absolute Gasteiger partial charge is 0.508 e. The van der Waals surface area contributed by atoms with E-state index in [0.717, 1.165) is 11.0 Å². The highest BCUT2D eigenvalue weighted by Crippen LogP contribution is 2.50. The van der Waals surface area contributed by atoms with Crippen LogP contribution >= 0.6 is 22.9 Å². The summed E-state index contributed by atoms with van der Waals surface area (Å²) in [6.45, 7) is 2.20. The molecule has 0 spiro atoms. The average Bonchev–Trinajstić information content (AvgIpc) is 3.35. The number of aromatic nitrogens is 5. The number of hydrogen-bond acceptors (Lipinski definition) is 7. The first-order chi connectivity index (χ1) is 14.0. The maximum Gasteiger partial charge on any atom is 0.250 e. The molecule has 2 atom stereocenters. The number of carbonyl (C=O) groups excluding carboxylic acids is 1. The molecule has 0 bridgehead atoms. The van der Waals surface area contributed by atoms with E-state index in [-0.39, 0.29) is 11.7 Å². The number of alkyl halides is 1. The van der Waals surface area contributed by atoms with Crippen molar-refractivity contribution in [2.45, 2.75) is 24.4 Å². The lowest BCUT2D eigenvalue weighted by atomic mass is 9.78. The third-order valence-corrected chi connectivity index (χ3v) is 6.70. The van der Waals surface area contributed by atoms with E-state index in [1.165, 1.54) is 16.2 Å². The van der Waals surface area contributed by atoms with Crippen LogP contribution in [0.4, 0.5) is 5.13 Å². The van der Waals surface area contributed by atoms with Gasteiger partial charge in [0.1, 0.15) is 27.2 Å². The van der Waals surface area contributed by atoms with E-state index in [0.29, 0.717) is 22.2 Å². The van der Waals surface area contributed by atoms with E-state index >= 15 is 0 Å². The molecular weight excluding hydrogens is 412 g/mol. The Labute approximate surface area is 174 Å². The summed E-state index contributed by atoms with van der Waals surface area (Å²) in [5.41, 5.74) is 1.34. The lowest BCUT2D eigenvalue weighted by molar-refractivity contribution is -0.126. The molecule has 3 heterocycles. The number of carbonyl (C=O) groups is 1. The summed E-state index contributed by atoms with van der Waals surface area (Å²) in [5, 5.41) is 27.3. The molecule has 1 fully saturated rings. The number of anilines is 1. The summed E-state index contributed by atoms with van der Waals surface area (Å²) in [5.74, 6) is -0.191. The molecule has 1 aliphatic heterocycles. The van der Waals surface area contributed by atoms with Gasteiger partial charge in [0.25, 0.3) is 5.91 Å². The Balaban J connectivity index is 1.48. The number of aromatic hydroxyl groups is 1. The van der Waals surface area contributed by atoms with E-state index < -0.39 is 10.9 Å². The van der Waals surface area contributed by atoms with Crippen molar-refractivity contribution >= 4 is 45.0 Å². The molecule has 0 radical (unpaired) electrons. The van der Waals surface area contributed by atoms with Crippen molar-refractivity contribution in [2.24, 2.45) is 0 Å². The minimum absolute atomic E-state index is 0.0805. The zero-order valence-corrected chi connectivity index (χ0v) is 16.8. The molecule has 8 nitrogen and oxygen atoms in total. The number of halogens is 1. The molecule has 1 aliphatic rings. The number of hydrogen-bond donors (Lipinski definition) is 1. The molecule has 1 saturated heterocycles. The minimum atomic E-state index is -0.916. The molecule has 1 amide bonds. The second kappa shape index (κ2) is 6.50. The number of para-hydroxylation sites is 2. The van der Waals surface area contributed by atoms with Crippen molar-refractivity contribution < 1.29 is 9.90 Å². The predicted octanol–water partition coefficient (Wildman–Crippen LogP) is 2.91. The lowest BCUT2D eigenvalue weighted by Gasteiger charge is -2.51. The second-order valence-corrected chi connectivity index (χ2v) is 8.39. The van der Waals surface area contributed by atoms with Gasteiger partial charge in [0, 0.05) is 5.56 Å². The predicted molar refractivity (Wildman–Crippen MR) is 109 cm³/mol. The van der Waals surface area contributed by atoms with Crippen molar-refractivity contribution in [3.63, 3.8) is 0 Å². The molecule has 29 heavy (non-hydrogen) atoms. The van der Waals surface area contributed by atoms with Gasteiger partial charge in [-0.05, 0) is 25.1 Å². The van der Waals surface area contributed by atoms with E-state index in [1.54, 1.807) is 28.9 Å². The lowest BCUT2D eigenvalue weighted by Crippen LogP contribution is -2.69. The maximum absolute atomic E-state index is 12.6. The molecular formula is C19H15ClN6O2S. The highest BCUT2D eigenvalue weighted by molar-refractivity contribution is 7.15. The Morgan fingerprint density at radius 1 is 1.14 bits per heavy atom. The molecule has 2 unspecified atom stereocenters. The minimum Gasteiger partial charge on any atom is -0.508 e. The highest BCUT2D eigenvalue weighted by Gasteiger charge is 2.60. The van der Waals surface area contributed by atoms with Crippen LogP contribution in [0.5, 0.6) is 5.75 Å². The quantitative estimate of drug-likeness (QED) is 0.398. The van der Waals surface area contributed by atoms with Crippen LogP contribution < -0.4 is 4.90 Å². The third-order valence-electron chi connectivity index (χ3n) is 5.20. The monoisotopic (exact) mass is 426 g/mol. The Morgan fingerprint density at radius 3 is 2.72 bits per heavy atom. The molecule has 0 aliphatic carbocycles. The van der Waals surface area contributed by atoms with Gasteiger partial charge < -0.3 is 5.11 Å². The van der Waals surface area contributed by atoms with Crippen LogP contribution in [0.15, 0.2) is 48.5 Å². The maximum atomic E-state index is 12.6. The van der Waals surface area contributed by atoms with E-state index in [2.05, 4.69) is 20.5 Å². The van der Waals surface area contributed by atoms with Crippen molar-refractivity contribution in [3.8, 4) is 5.75 Å². The SMILES string of the molecule is CC1(c2ccccc2O)C(Cl)C(=O)N1c1nnc(Cn2nnc3ccccc32)s1. The zero-order valence-electron chi connectivity index (χ0n) is 15.2. The highest BCUT2D eigenvalue weighted by atomic mass is 35.5. The van der Waals surface area contributed by atoms with E-state index in [1.807, 2.05) is 31.2 Å². The molecule has 2 aromatic heterocycles. The van der Waals surface area contributed by atoms with Crippen molar-refractivity contribution in [2.75, 3.05) is 4.90 Å². The molecule has 146 valence electrons. The Bertz CT molecular complexity index is 1240. The van der Waals surface area contributed by atoms with Crippen LogP contribution in [0.25, 0.3) is 11.0 Å². The van der Waals surface area contributed by atoms with Gasteiger partial charge in [-0.15, -0.1) is 26.9 Å². The van der Waals surface area contributed by atoms with Gasteiger partial charge >= 0.3 is 0 Å². The Hall–Kier alpha value is -3.04. The number of phenols is 1. The van der Waals surface area contributed by atoms with Gasteiger partial charge in [-0.1, -0.05) is 46.9 Å². The molecule has 4 aromatic rings. The van der Waals surface area contributed by atoms with Crippen LogP contribution in [-0.4, -0.2) is 41.6 Å². The number of rotatable bonds is 4. The Kier molecular flexibility index (Phi) is 4.04. The van der Waals surface area contributed by atoms with Gasteiger partial charge in [0.05, 0.1) is 12.1 Å². The second-order valence-electron chi connectivity index (χ2n) is 6.92. The van der Waals surface area contributed by atoms with Crippen LogP contribution in [0.2, 0.25) is 0 Å². The smallest absolute Gasteiger partial charge is 0.250 e. The summed E-state index contributed by atoms with van der Waals surface area (Å²) in [7, 11) is 0. The first-order valence-electron chi connectivity index (χ1n) is 8.87. The molecule has 0 saturated carbocycles. The van der Waals surface area contributed by atoms with Gasteiger partial charge in [0.15, 0.2) is 0 Å². The fourth-order valence-electron chi connectivity index (χ4n) is 3.64. The van der Waals surface area contributed by atoms with E-state index in [9.17, 15) is 9.90 Å². The molecule has 5 rings (SSSR count). The van der Waals surface area contributed by atoms with E-state index in [4.69, 9.17) is 11.6 Å².